The maximum Gasteiger partial charge on any atom is 0.145 e. The van der Waals surface area contributed by atoms with Crippen molar-refractivity contribution < 1.29 is 14.6 Å². The molecular weight excluding hydrogens is 368 g/mol. The highest BCUT2D eigenvalue weighted by molar-refractivity contribution is 6.31. The summed E-state index contributed by atoms with van der Waals surface area (Å²) in [5, 5.41) is 20.2. The second-order valence-corrected chi connectivity index (χ2v) is 7.47. The van der Waals surface area contributed by atoms with E-state index in [-0.39, 0.29) is 11.6 Å². The molecule has 1 aliphatic carbocycles. The van der Waals surface area contributed by atoms with Crippen LogP contribution in [0.15, 0.2) is 48.2 Å². The van der Waals surface area contributed by atoms with Gasteiger partial charge < -0.3 is 24.5 Å². The van der Waals surface area contributed by atoms with E-state index in [4.69, 9.17) is 14.9 Å². The summed E-state index contributed by atoms with van der Waals surface area (Å²) in [4.78, 5) is 9.77. The number of benzene rings is 2. The van der Waals surface area contributed by atoms with Crippen molar-refractivity contribution in [3.8, 4) is 11.5 Å². The molecule has 29 heavy (non-hydrogen) atoms. The summed E-state index contributed by atoms with van der Waals surface area (Å²) in [7, 11) is 3.20. The van der Waals surface area contributed by atoms with Crippen LogP contribution in [-0.2, 0) is 0 Å². The molecule has 5 rings (SSSR count). The zero-order chi connectivity index (χ0) is 20.2. The average molecular weight is 390 g/mol. The Morgan fingerprint density at radius 2 is 1.79 bits per heavy atom. The number of H-pyrrole nitrogens is 1. The van der Waals surface area contributed by atoms with Crippen LogP contribution in [0.25, 0.3) is 16.6 Å². The number of para-hydroxylation sites is 2. The number of nitrogens with zero attached hydrogens (tertiary/aromatic N) is 2. The molecular formula is C22H22N4O3. The molecule has 3 N–H and O–H groups in total. The van der Waals surface area contributed by atoms with Crippen LogP contribution in [0.5, 0.6) is 11.5 Å². The van der Waals surface area contributed by atoms with E-state index in [1.165, 1.54) is 0 Å². The Hall–Kier alpha value is -3.48. The summed E-state index contributed by atoms with van der Waals surface area (Å²) in [6.07, 6.45) is 2.53. The largest absolute Gasteiger partial charge is 0.509 e. The lowest BCUT2D eigenvalue weighted by Gasteiger charge is -2.46. The molecule has 1 saturated carbocycles. The number of anilines is 1. The number of rotatable bonds is 4. The first-order valence-electron chi connectivity index (χ1n) is 9.58. The van der Waals surface area contributed by atoms with Gasteiger partial charge in [0.05, 0.1) is 36.5 Å². The molecule has 148 valence electrons. The molecule has 7 nitrogen and oxygen atoms in total. The molecule has 0 radical (unpaired) electrons. The number of ether oxygens (including phenoxy) is 2. The van der Waals surface area contributed by atoms with Crippen molar-refractivity contribution in [2.75, 3.05) is 19.1 Å². The predicted molar refractivity (Wildman–Crippen MR) is 112 cm³/mol. The lowest BCUT2D eigenvalue weighted by Crippen LogP contribution is -2.53. The van der Waals surface area contributed by atoms with Gasteiger partial charge in [-0.1, -0.05) is 12.1 Å². The highest BCUT2D eigenvalue weighted by Gasteiger charge is 2.55. The molecule has 1 aromatic heterocycles. The molecule has 0 saturated heterocycles. The molecule has 0 amide bonds. The van der Waals surface area contributed by atoms with Gasteiger partial charge in [-0.2, -0.15) is 0 Å². The molecule has 0 atom stereocenters. The van der Waals surface area contributed by atoms with Crippen molar-refractivity contribution in [1.82, 2.24) is 9.97 Å². The van der Waals surface area contributed by atoms with E-state index in [1.54, 1.807) is 20.3 Å². The summed E-state index contributed by atoms with van der Waals surface area (Å²) >= 11 is 0. The van der Waals surface area contributed by atoms with Gasteiger partial charge in [0.15, 0.2) is 0 Å². The van der Waals surface area contributed by atoms with E-state index in [0.717, 1.165) is 36.0 Å². The van der Waals surface area contributed by atoms with Crippen LogP contribution in [0.2, 0.25) is 0 Å². The van der Waals surface area contributed by atoms with Crippen LogP contribution in [0, 0.1) is 5.41 Å². The summed E-state index contributed by atoms with van der Waals surface area (Å²) in [5.41, 5.74) is 2.26. The lowest BCUT2D eigenvalue weighted by atomic mass is 9.74. The third-order valence-electron chi connectivity index (χ3n) is 5.97. The SMILES string of the molecule is COc1cc(OC)cc(N2C(=N)C(c3nc4ccccc4[nH]3)=C(O)C23CCC3)c1. The van der Waals surface area contributed by atoms with Gasteiger partial charge in [0.1, 0.15) is 34.5 Å². The summed E-state index contributed by atoms with van der Waals surface area (Å²) in [6.45, 7) is 0. The molecule has 3 aromatic rings. The third kappa shape index (κ3) is 2.43. The molecule has 7 heteroatoms. The Kier molecular flexibility index (Phi) is 3.81. The van der Waals surface area contributed by atoms with E-state index >= 15 is 0 Å². The number of aliphatic hydroxyl groups excluding tert-OH is 1. The number of aliphatic hydroxyl groups is 1. The number of aromatic amines is 1. The molecule has 2 heterocycles. The van der Waals surface area contributed by atoms with E-state index in [1.807, 2.05) is 41.3 Å². The molecule has 0 unspecified atom stereocenters. The molecule has 2 aliphatic rings. The average Bonchev–Trinajstić information content (AvgIpc) is 3.22. The number of imidazole rings is 1. The Labute approximate surface area is 168 Å². The highest BCUT2D eigenvalue weighted by atomic mass is 16.5. The number of amidine groups is 1. The van der Waals surface area contributed by atoms with Crippen LogP contribution < -0.4 is 14.4 Å². The monoisotopic (exact) mass is 390 g/mol. The number of nitrogens with one attached hydrogen (secondary N) is 2. The van der Waals surface area contributed by atoms with Crippen molar-refractivity contribution in [3.63, 3.8) is 0 Å². The van der Waals surface area contributed by atoms with E-state index in [0.29, 0.717) is 22.9 Å². The Bertz CT molecular complexity index is 1100. The van der Waals surface area contributed by atoms with Gasteiger partial charge in [-0.3, -0.25) is 5.41 Å². The zero-order valence-corrected chi connectivity index (χ0v) is 16.3. The minimum absolute atomic E-state index is 0.203. The number of hydrogen-bond donors (Lipinski definition) is 3. The Morgan fingerprint density at radius 3 is 2.38 bits per heavy atom. The standard InChI is InChI=1S/C22H22N4O3/c1-28-14-10-13(11-15(12-14)29-2)26-20(23)18(19(27)22(26)8-5-9-22)21-24-16-6-3-4-7-17(16)25-21/h3-4,6-7,10-12,23,27H,5,8-9H2,1-2H3,(H,24,25). The quantitative estimate of drug-likeness (QED) is 0.618. The fourth-order valence-electron chi connectivity index (χ4n) is 4.34. The summed E-state index contributed by atoms with van der Waals surface area (Å²) < 4.78 is 10.8. The van der Waals surface area contributed by atoms with Gasteiger partial charge in [-0.05, 0) is 31.4 Å². The van der Waals surface area contributed by atoms with Gasteiger partial charge in [0.25, 0.3) is 0 Å². The maximum atomic E-state index is 11.3. The maximum absolute atomic E-state index is 11.3. The Morgan fingerprint density at radius 1 is 1.10 bits per heavy atom. The molecule has 1 aliphatic heterocycles. The third-order valence-corrected chi connectivity index (χ3v) is 5.97. The highest BCUT2D eigenvalue weighted by Crippen LogP contribution is 2.52. The van der Waals surface area contributed by atoms with E-state index < -0.39 is 5.54 Å². The first kappa shape index (κ1) is 17.6. The van der Waals surface area contributed by atoms with Crippen molar-refractivity contribution in [3.05, 3.63) is 54.0 Å². The van der Waals surface area contributed by atoms with Crippen LogP contribution in [0.3, 0.4) is 0 Å². The predicted octanol–water partition coefficient (Wildman–Crippen LogP) is 4.27. The number of fused-ring (bicyclic) bond motifs is 1. The smallest absolute Gasteiger partial charge is 0.145 e. The van der Waals surface area contributed by atoms with Gasteiger partial charge >= 0.3 is 0 Å². The number of hydrogen-bond acceptors (Lipinski definition) is 5. The second-order valence-electron chi connectivity index (χ2n) is 7.47. The normalized spacial score (nSPS) is 17.9. The summed E-state index contributed by atoms with van der Waals surface area (Å²) in [5.74, 6) is 2.21. The van der Waals surface area contributed by atoms with Gasteiger partial charge in [-0.25, -0.2) is 4.98 Å². The molecule has 1 spiro atoms. The fraction of sp³-hybridized carbons (Fsp3) is 0.273. The van der Waals surface area contributed by atoms with Crippen molar-refractivity contribution >= 4 is 28.1 Å². The van der Waals surface area contributed by atoms with Crippen molar-refractivity contribution in [2.24, 2.45) is 0 Å². The van der Waals surface area contributed by atoms with Crippen molar-refractivity contribution in [1.29, 1.82) is 5.41 Å². The number of aromatic nitrogens is 2. The topological polar surface area (TPSA) is 94.5 Å². The summed E-state index contributed by atoms with van der Waals surface area (Å²) in [6, 6.07) is 13.2. The fourth-order valence-corrected chi connectivity index (χ4v) is 4.34. The van der Waals surface area contributed by atoms with Crippen molar-refractivity contribution in [2.45, 2.75) is 24.8 Å². The van der Waals surface area contributed by atoms with Crippen LogP contribution in [-0.4, -0.2) is 40.7 Å². The first-order chi connectivity index (χ1) is 14.1. The molecule has 1 fully saturated rings. The molecule has 2 aromatic carbocycles. The number of methoxy groups -OCH3 is 2. The zero-order valence-electron chi connectivity index (χ0n) is 16.3. The van der Waals surface area contributed by atoms with E-state index in [2.05, 4.69) is 9.97 Å². The van der Waals surface area contributed by atoms with Gasteiger partial charge in [0.2, 0.25) is 0 Å². The van der Waals surface area contributed by atoms with Crippen LogP contribution in [0.4, 0.5) is 5.69 Å². The van der Waals surface area contributed by atoms with Crippen LogP contribution in [0.1, 0.15) is 25.1 Å². The molecule has 0 bridgehead atoms. The van der Waals surface area contributed by atoms with Gasteiger partial charge in [-0.15, -0.1) is 0 Å². The van der Waals surface area contributed by atoms with Crippen LogP contribution >= 0.6 is 0 Å². The second kappa shape index (κ2) is 6.27. The first-order valence-corrected chi connectivity index (χ1v) is 9.58. The van der Waals surface area contributed by atoms with E-state index in [9.17, 15) is 5.11 Å². The minimum atomic E-state index is -0.622. The lowest BCUT2D eigenvalue weighted by molar-refractivity contribution is 0.212. The van der Waals surface area contributed by atoms with Gasteiger partial charge in [0, 0.05) is 18.2 Å². The Balaban J connectivity index is 1.65. The minimum Gasteiger partial charge on any atom is -0.509 e.